The Morgan fingerprint density at radius 2 is 2.22 bits per heavy atom. The Bertz CT molecular complexity index is 394. The zero-order valence-corrected chi connectivity index (χ0v) is 12.8. The number of thiazole rings is 1. The molecule has 0 radical (unpaired) electrons. The largest absolute Gasteiger partial charge is 0.330 e. The maximum absolute atomic E-state index is 5.77. The van der Waals surface area contributed by atoms with Crippen LogP contribution in [-0.4, -0.2) is 29.0 Å². The molecule has 0 amide bonds. The molecular formula is C14H25N3S. The molecule has 0 aliphatic carbocycles. The van der Waals surface area contributed by atoms with Crippen molar-refractivity contribution in [2.75, 3.05) is 13.1 Å². The third-order valence-corrected chi connectivity index (χ3v) is 4.62. The smallest absolute Gasteiger partial charge is 0.107 e. The second kappa shape index (κ2) is 5.27. The lowest BCUT2D eigenvalue weighted by molar-refractivity contribution is 0.255. The van der Waals surface area contributed by atoms with Crippen LogP contribution in [0, 0.1) is 5.92 Å². The minimum absolute atomic E-state index is 0.158. The lowest BCUT2D eigenvalue weighted by atomic mass is 9.93. The minimum atomic E-state index is 0.158. The molecule has 0 spiro atoms. The van der Waals surface area contributed by atoms with E-state index in [1.807, 2.05) is 0 Å². The van der Waals surface area contributed by atoms with Gasteiger partial charge in [-0.25, -0.2) is 4.98 Å². The van der Waals surface area contributed by atoms with Crippen LogP contribution >= 0.6 is 11.3 Å². The first-order valence-electron chi connectivity index (χ1n) is 6.79. The van der Waals surface area contributed by atoms with Crippen molar-refractivity contribution in [1.29, 1.82) is 0 Å². The van der Waals surface area contributed by atoms with E-state index in [1.165, 1.54) is 17.1 Å². The fraction of sp³-hybridized carbons (Fsp3) is 0.786. The molecular weight excluding hydrogens is 242 g/mol. The predicted molar refractivity (Wildman–Crippen MR) is 77.8 cm³/mol. The van der Waals surface area contributed by atoms with Crippen molar-refractivity contribution < 1.29 is 0 Å². The summed E-state index contributed by atoms with van der Waals surface area (Å²) in [6, 6.07) is 0.639. The first-order valence-corrected chi connectivity index (χ1v) is 7.67. The summed E-state index contributed by atoms with van der Waals surface area (Å²) in [7, 11) is 0. The first kappa shape index (κ1) is 14.0. The van der Waals surface area contributed by atoms with Gasteiger partial charge in [-0.05, 0) is 25.8 Å². The molecule has 1 aromatic heterocycles. The average molecular weight is 267 g/mol. The molecule has 2 heterocycles. The molecule has 102 valence electrons. The van der Waals surface area contributed by atoms with Gasteiger partial charge in [-0.3, -0.25) is 4.90 Å². The summed E-state index contributed by atoms with van der Waals surface area (Å²) in [6.45, 7) is 11.9. The summed E-state index contributed by atoms with van der Waals surface area (Å²) >= 11 is 1.79. The van der Waals surface area contributed by atoms with Crippen LogP contribution in [0.3, 0.4) is 0 Å². The van der Waals surface area contributed by atoms with Crippen molar-refractivity contribution in [2.45, 2.75) is 52.1 Å². The third kappa shape index (κ3) is 3.11. The molecule has 1 saturated heterocycles. The van der Waals surface area contributed by atoms with Gasteiger partial charge in [0.2, 0.25) is 0 Å². The van der Waals surface area contributed by atoms with Crippen LogP contribution in [0.1, 0.15) is 44.8 Å². The molecule has 2 unspecified atom stereocenters. The van der Waals surface area contributed by atoms with Gasteiger partial charge in [-0.15, -0.1) is 11.3 Å². The second-order valence-corrected chi connectivity index (χ2v) is 7.44. The van der Waals surface area contributed by atoms with Crippen LogP contribution in [0.5, 0.6) is 0 Å². The van der Waals surface area contributed by atoms with E-state index in [0.717, 1.165) is 19.6 Å². The Morgan fingerprint density at radius 3 is 2.72 bits per heavy atom. The van der Waals surface area contributed by atoms with Crippen LogP contribution < -0.4 is 5.73 Å². The SMILES string of the molecule is CC1CC(CN)CN1Cc1nc(C(C)(C)C)cs1. The van der Waals surface area contributed by atoms with E-state index in [1.54, 1.807) is 11.3 Å². The first-order chi connectivity index (χ1) is 8.40. The number of hydrogen-bond acceptors (Lipinski definition) is 4. The molecule has 1 aliphatic heterocycles. The number of rotatable bonds is 3. The second-order valence-electron chi connectivity index (χ2n) is 6.49. The topological polar surface area (TPSA) is 42.1 Å². The van der Waals surface area contributed by atoms with E-state index in [4.69, 9.17) is 10.7 Å². The van der Waals surface area contributed by atoms with Gasteiger partial charge in [0.25, 0.3) is 0 Å². The van der Waals surface area contributed by atoms with Gasteiger partial charge in [-0.1, -0.05) is 20.8 Å². The lowest BCUT2D eigenvalue weighted by Crippen LogP contribution is -2.27. The molecule has 1 aromatic rings. The Morgan fingerprint density at radius 1 is 1.50 bits per heavy atom. The molecule has 0 bridgehead atoms. The fourth-order valence-electron chi connectivity index (χ4n) is 2.51. The maximum Gasteiger partial charge on any atom is 0.107 e. The summed E-state index contributed by atoms with van der Waals surface area (Å²) in [5.74, 6) is 0.669. The van der Waals surface area contributed by atoms with Crippen LogP contribution in [0.25, 0.3) is 0 Å². The van der Waals surface area contributed by atoms with Crippen molar-refractivity contribution in [3.8, 4) is 0 Å². The molecule has 18 heavy (non-hydrogen) atoms. The zero-order valence-electron chi connectivity index (χ0n) is 11.9. The van der Waals surface area contributed by atoms with Crippen molar-refractivity contribution >= 4 is 11.3 Å². The molecule has 2 N–H and O–H groups in total. The normalized spacial score (nSPS) is 25.8. The van der Waals surface area contributed by atoms with E-state index in [2.05, 4.69) is 38.0 Å². The predicted octanol–water partition coefficient (Wildman–Crippen LogP) is 2.61. The standard InChI is InChI=1S/C14H25N3S/c1-10-5-11(6-15)7-17(10)8-13-16-12(9-18-13)14(2,3)4/h9-11H,5-8,15H2,1-4H3. The van der Waals surface area contributed by atoms with Crippen molar-refractivity contribution in [3.63, 3.8) is 0 Å². The average Bonchev–Trinajstić information content (AvgIpc) is 2.86. The van der Waals surface area contributed by atoms with Crippen molar-refractivity contribution in [3.05, 3.63) is 16.1 Å². The van der Waals surface area contributed by atoms with E-state index in [0.29, 0.717) is 12.0 Å². The fourth-order valence-corrected chi connectivity index (χ4v) is 3.56. The van der Waals surface area contributed by atoms with Gasteiger partial charge < -0.3 is 5.73 Å². The summed E-state index contributed by atoms with van der Waals surface area (Å²) < 4.78 is 0. The van der Waals surface area contributed by atoms with Crippen LogP contribution in [0.15, 0.2) is 5.38 Å². The van der Waals surface area contributed by atoms with Crippen molar-refractivity contribution in [1.82, 2.24) is 9.88 Å². The lowest BCUT2D eigenvalue weighted by Gasteiger charge is -2.19. The third-order valence-electron chi connectivity index (χ3n) is 3.78. The highest BCUT2D eigenvalue weighted by molar-refractivity contribution is 7.09. The molecule has 2 rings (SSSR count). The molecule has 3 nitrogen and oxygen atoms in total. The van der Waals surface area contributed by atoms with E-state index in [9.17, 15) is 0 Å². The molecule has 0 aromatic carbocycles. The van der Waals surface area contributed by atoms with E-state index < -0.39 is 0 Å². The Labute approximate surface area is 114 Å². The van der Waals surface area contributed by atoms with E-state index >= 15 is 0 Å². The molecule has 4 heteroatoms. The summed E-state index contributed by atoms with van der Waals surface area (Å²) in [4.78, 5) is 7.29. The van der Waals surface area contributed by atoms with Gasteiger partial charge in [0, 0.05) is 23.4 Å². The minimum Gasteiger partial charge on any atom is -0.330 e. The summed E-state index contributed by atoms with van der Waals surface area (Å²) in [5.41, 5.74) is 7.14. The number of nitrogens with two attached hydrogens (primary N) is 1. The van der Waals surface area contributed by atoms with Crippen molar-refractivity contribution in [2.24, 2.45) is 11.7 Å². The van der Waals surface area contributed by atoms with Crippen LogP contribution in [-0.2, 0) is 12.0 Å². The maximum atomic E-state index is 5.77. The van der Waals surface area contributed by atoms with Crippen LogP contribution in [0.4, 0.5) is 0 Å². The van der Waals surface area contributed by atoms with Gasteiger partial charge in [0.15, 0.2) is 0 Å². The molecule has 1 fully saturated rings. The highest BCUT2D eigenvalue weighted by Crippen LogP contribution is 2.28. The molecule has 1 aliphatic rings. The summed E-state index contributed by atoms with van der Waals surface area (Å²) in [5, 5.41) is 3.45. The number of aromatic nitrogens is 1. The Balaban J connectivity index is 2.00. The monoisotopic (exact) mass is 267 g/mol. The van der Waals surface area contributed by atoms with E-state index in [-0.39, 0.29) is 5.41 Å². The van der Waals surface area contributed by atoms with Gasteiger partial charge >= 0.3 is 0 Å². The number of likely N-dealkylation sites (tertiary alicyclic amines) is 1. The highest BCUT2D eigenvalue weighted by Gasteiger charge is 2.28. The van der Waals surface area contributed by atoms with Crippen LogP contribution in [0.2, 0.25) is 0 Å². The molecule has 2 atom stereocenters. The Kier molecular flexibility index (Phi) is 4.09. The highest BCUT2D eigenvalue weighted by atomic mass is 32.1. The number of hydrogen-bond donors (Lipinski definition) is 1. The quantitative estimate of drug-likeness (QED) is 0.915. The summed E-state index contributed by atoms with van der Waals surface area (Å²) in [6.07, 6.45) is 1.23. The molecule has 0 saturated carbocycles. The number of nitrogens with zero attached hydrogens (tertiary/aromatic N) is 2. The Hall–Kier alpha value is -0.450. The van der Waals surface area contributed by atoms with Gasteiger partial charge in [0.1, 0.15) is 5.01 Å². The van der Waals surface area contributed by atoms with Gasteiger partial charge in [-0.2, -0.15) is 0 Å². The zero-order chi connectivity index (χ0) is 13.3. The van der Waals surface area contributed by atoms with Gasteiger partial charge in [0.05, 0.1) is 12.2 Å².